The highest BCUT2D eigenvalue weighted by Gasteiger charge is 2.26. The van der Waals surface area contributed by atoms with E-state index >= 15 is 0 Å². The van der Waals surface area contributed by atoms with Crippen LogP contribution in [-0.2, 0) is 11.3 Å². The summed E-state index contributed by atoms with van der Waals surface area (Å²) in [6, 6.07) is 5.56. The molecule has 0 radical (unpaired) electrons. The highest BCUT2D eigenvalue weighted by Crippen LogP contribution is 2.28. The van der Waals surface area contributed by atoms with Gasteiger partial charge in [-0.15, -0.1) is 0 Å². The molecule has 3 N–H and O–H groups in total. The maximum absolute atomic E-state index is 13.6. The molecule has 1 aromatic carbocycles. The second-order valence-electron chi connectivity index (χ2n) is 7.21. The van der Waals surface area contributed by atoms with Crippen LogP contribution < -0.4 is 15.4 Å². The lowest BCUT2D eigenvalue weighted by Gasteiger charge is -2.19. The smallest absolute Gasteiger partial charge is 0.304 e. The molecular formula is C23H30FN5O4. The van der Waals surface area contributed by atoms with Crippen molar-refractivity contribution >= 4 is 18.1 Å². The van der Waals surface area contributed by atoms with E-state index in [4.69, 9.17) is 9.84 Å². The molecule has 0 saturated carbocycles. The lowest BCUT2D eigenvalue weighted by atomic mass is 10.3. The molecule has 0 aliphatic heterocycles. The molecule has 2 amide bonds. The number of hydrogen-bond acceptors (Lipinski definition) is 6. The van der Waals surface area contributed by atoms with Crippen molar-refractivity contribution in [3.63, 3.8) is 0 Å². The predicted molar refractivity (Wildman–Crippen MR) is 124 cm³/mol. The van der Waals surface area contributed by atoms with Crippen LogP contribution in [0.2, 0.25) is 0 Å². The summed E-state index contributed by atoms with van der Waals surface area (Å²) in [7, 11) is 1.59. The first-order valence-electron chi connectivity index (χ1n) is 10.5. The van der Waals surface area contributed by atoms with E-state index in [2.05, 4.69) is 15.6 Å². The van der Waals surface area contributed by atoms with Crippen molar-refractivity contribution in [1.82, 2.24) is 19.8 Å². The van der Waals surface area contributed by atoms with E-state index in [9.17, 15) is 14.0 Å². The van der Waals surface area contributed by atoms with Crippen molar-refractivity contribution in [2.24, 2.45) is 0 Å². The van der Waals surface area contributed by atoms with Crippen LogP contribution in [-0.4, -0.2) is 58.6 Å². The van der Waals surface area contributed by atoms with Crippen molar-refractivity contribution in [3.05, 3.63) is 59.7 Å². The minimum atomic E-state index is -0.483. The molecule has 2 aromatic rings. The van der Waals surface area contributed by atoms with E-state index in [1.807, 2.05) is 32.2 Å². The lowest BCUT2D eigenvalue weighted by molar-refractivity contribution is -0.105. The largest absolute Gasteiger partial charge is 0.425 e. The van der Waals surface area contributed by atoms with Crippen LogP contribution in [0.15, 0.2) is 48.2 Å². The quantitative estimate of drug-likeness (QED) is 0.241. The number of benzene rings is 1. The number of nitrogens with zero attached hydrogens (tertiary/aromatic N) is 3. The fourth-order valence-corrected chi connectivity index (χ4v) is 3.04. The Morgan fingerprint density at radius 2 is 2.18 bits per heavy atom. The molecule has 1 heterocycles. The van der Waals surface area contributed by atoms with Gasteiger partial charge >= 0.3 is 6.01 Å². The summed E-state index contributed by atoms with van der Waals surface area (Å²) in [6.07, 6.45) is 6.52. The zero-order valence-corrected chi connectivity index (χ0v) is 19.0. The average Bonchev–Trinajstić information content (AvgIpc) is 3.11. The van der Waals surface area contributed by atoms with E-state index in [1.165, 1.54) is 27.7 Å². The van der Waals surface area contributed by atoms with Crippen LogP contribution in [0.25, 0.3) is 0 Å². The second-order valence-corrected chi connectivity index (χ2v) is 7.21. The fraction of sp³-hybridized carbons (Fsp3) is 0.348. The average molecular weight is 460 g/mol. The van der Waals surface area contributed by atoms with Crippen LogP contribution in [0.1, 0.15) is 30.8 Å². The number of nitrogens with one attached hydrogen (secondary N) is 2. The third-order valence-corrected chi connectivity index (χ3v) is 4.57. The van der Waals surface area contributed by atoms with Crippen molar-refractivity contribution in [3.8, 4) is 11.8 Å². The molecule has 178 valence electrons. The number of halogens is 1. The Labute approximate surface area is 192 Å². The molecule has 0 bridgehead atoms. The molecule has 0 saturated heterocycles. The molecule has 9 nitrogen and oxygen atoms in total. The highest BCUT2D eigenvalue weighted by atomic mass is 19.1. The maximum atomic E-state index is 13.6. The van der Waals surface area contributed by atoms with Crippen LogP contribution in [0.5, 0.6) is 11.8 Å². The topological polar surface area (TPSA) is 109 Å². The second kappa shape index (κ2) is 13.0. The Hall–Kier alpha value is -3.66. The molecular weight excluding hydrogens is 429 g/mol. The summed E-state index contributed by atoms with van der Waals surface area (Å²) >= 11 is 0. The molecule has 2 rings (SSSR count). The Balaban J connectivity index is 2.42. The van der Waals surface area contributed by atoms with Crippen molar-refractivity contribution in [1.29, 1.82) is 0 Å². The van der Waals surface area contributed by atoms with Gasteiger partial charge in [0.25, 0.3) is 5.91 Å². The van der Waals surface area contributed by atoms with Crippen molar-refractivity contribution in [2.75, 3.05) is 32.1 Å². The fourth-order valence-electron chi connectivity index (χ4n) is 3.04. The maximum Gasteiger partial charge on any atom is 0.304 e. The number of carbonyl (C=O) groups is 2. The van der Waals surface area contributed by atoms with Gasteiger partial charge in [0.1, 0.15) is 11.6 Å². The molecule has 0 spiro atoms. The predicted octanol–water partition coefficient (Wildman–Crippen LogP) is 2.91. The molecule has 33 heavy (non-hydrogen) atoms. The summed E-state index contributed by atoms with van der Waals surface area (Å²) in [4.78, 5) is 30.1. The van der Waals surface area contributed by atoms with E-state index in [1.54, 1.807) is 13.1 Å². The summed E-state index contributed by atoms with van der Waals surface area (Å²) in [5.74, 6) is -0.667. The number of allylic oxidation sites excluding steroid dienone is 3. The zero-order valence-electron chi connectivity index (χ0n) is 19.0. The SMILES string of the molecule is C/C=C\C(C)=C/NCCn1c(Oc2cccc(F)c2)nc(NC=O)c1C(=O)N(C)CCCO. The number of carbonyl (C=O) groups excluding carboxylic acids is 2. The lowest BCUT2D eigenvalue weighted by Crippen LogP contribution is -2.31. The Morgan fingerprint density at radius 3 is 2.85 bits per heavy atom. The molecule has 0 atom stereocenters. The van der Waals surface area contributed by atoms with Gasteiger partial charge in [0.2, 0.25) is 6.41 Å². The first-order chi connectivity index (χ1) is 15.9. The van der Waals surface area contributed by atoms with Gasteiger partial charge in [0.15, 0.2) is 11.5 Å². The Bertz CT molecular complexity index is 1000. The number of aromatic nitrogens is 2. The first kappa shape index (κ1) is 25.6. The van der Waals surface area contributed by atoms with E-state index in [-0.39, 0.29) is 36.4 Å². The monoisotopic (exact) mass is 459 g/mol. The van der Waals surface area contributed by atoms with Crippen molar-refractivity contribution in [2.45, 2.75) is 26.8 Å². The summed E-state index contributed by atoms with van der Waals surface area (Å²) < 4.78 is 21.0. The van der Waals surface area contributed by atoms with Gasteiger partial charge in [-0.1, -0.05) is 18.2 Å². The number of aliphatic hydroxyl groups excluding tert-OH is 1. The van der Waals surface area contributed by atoms with E-state index < -0.39 is 11.7 Å². The number of amides is 2. The van der Waals surface area contributed by atoms with Crippen LogP contribution >= 0.6 is 0 Å². The number of ether oxygens (including phenoxy) is 1. The van der Waals surface area contributed by atoms with Gasteiger partial charge in [0.05, 0.1) is 0 Å². The minimum Gasteiger partial charge on any atom is -0.425 e. The summed E-state index contributed by atoms with van der Waals surface area (Å²) in [5, 5.41) is 14.7. The van der Waals surface area contributed by atoms with Gasteiger partial charge in [-0.2, -0.15) is 4.98 Å². The number of aliphatic hydroxyl groups is 1. The number of rotatable bonds is 13. The Morgan fingerprint density at radius 1 is 1.39 bits per heavy atom. The van der Waals surface area contributed by atoms with E-state index in [0.717, 1.165) is 5.57 Å². The number of imidazole rings is 1. The van der Waals surface area contributed by atoms with Crippen LogP contribution in [0, 0.1) is 5.82 Å². The normalized spacial score (nSPS) is 11.5. The third-order valence-electron chi connectivity index (χ3n) is 4.57. The molecule has 0 fully saturated rings. The molecule has 1 aromatic heterocycles. The number of anilines is 1. The number of hydrogen-bond donors (Lipinski definition) is 3. The first-order valence-corrected chi connectivity index (χ1v) is 10.5. The van der Waals surface area contributed by atoms with Gasteiger partial charge in [-0.25, -0.2) is 4.39 Å². The third kappa shape index (κ3) is 7.46. The summed E-state index contributed by atoms with van der Waals surface area (Å²) in [6.45, 7) is 4.81. The van der Waals surface area contributed by atoms with Crippen LogP contribution in [0.3, 0.4) is 0 Å². The molecule has 0 aliphatic carbocycles. The minimum absolute atomic E-state index is 0.0258. The summed E-state index contributed by atoms with van der Waals surface area (Å²) in [5.41, 5.74) is 1.13. The van der Waals surface area contributed by atoms with E-state index in [0.29, 0.717) is 25.9 Å². The zero-order chi connectivity index (χ0) is 24.2. The Kier molecular flexibility index (Phi) is 10.1. The molecule has 0 aliphatic rings. The van der Waals surface area contributed by atoms with Crippen LogP contribution in [0.4, 0.5) is 10.2 Å². The van der Waals surface area contributed by atoms with Gasteiger partial charge in [-0.05, 0) is 44.2 Å². The molecule has 10 heteroatoms. The van der Waals surface area contributed by atoms with Gasteiger partial charge in [-0.3, -0.25) is 14.2 Å². The van der Waals surface area contributed by atoms with Crippen molar-refractivity contribution < 1.29 is 23.8 Å². The standard InChI is InChI=1S/C23H30FN5O4/c1-4-7-17(2)15-25-10-12-29-20(22(32)28(3)11-6-13-30)21(26-16-31)27-23(29)33-19-9-5-8-18(24)14-19/h4-5,7-9,14-16,25,30H,6,10-13H2,1-3H3,(H,26,31)/b7-4-,17-15-. The van der Waals surface area contributed by atoms with Gasteiger partial charge in [0, 0.05) is 39.4 Å². The molecule has 0 unspecified atom stereocenters. The van der Waals surface area contributed by atoms with Gasteiger partial charge < -0.3 is 25.4 Å². The highest BCUT2D eigenvalue weighted by molar-refractivity contribution is 5.99.